The van der Waals surface area contributed by atoms with Crippen LogP contribution < -0.4 is 5.32 Å². The quantitative estimate of drug-likeness (QED) is 0.891. The number of carboxylic acid groups (broad SMARTS) is 1. The fraction of sp³-hybridized carbons (Fsp3) is 0.167. The van der Waals surface area contributed by atoms with Crippen LogP contribution in [0.4, 0.5) is 14.6 Å². The monoisotopic (exact) mass is 303 g/mol. The minimum absolute atomic E-state index is 0. The predicted octanol–water partition coefficient (Wildman–Crippen LogP) is 3.01. The highest BCUT2D eigenvalue weighted by Crippen LogP contribution is 2.14. The SMILES string of the molecule is Cl.O=C(O)c1ccccc1CNc1ccn(C(F)F)n1. The highest BCUT2D eigenvalue weighted by atomic mass is 35.5. The molecule has 2 rings (SSSR count). The van der Waals surface area contributed by atoms with Crippen molar-refractivity contribution >= 4 is 24.2 Å². The van der Waals surface area contributed by atoms with E-state index in [2.05, 4.69) is 10.4 Å². The second-order valence-electron chi connectivity index (χ2n) is 3.77. The topological polar surface area (TPSA) is 67.2 Å². The molecule has 5 nitrogen and oxygen atoms in total. The van der Waals surface area contributed by atoms with Crippen molar-refractivity contribution < 1.29 is 18.7 Å². The Kier molecular flexibility index (Phi) is 5.45. The molecule has 0 saturated carbocycles. The van der Waals surface area contributed by atoms with Crippen molar-refractivity contribution in [3.63, 3.8) is 0 Å². The highest BCUT2D eigenvalue weighted by molar-refractivity contribution is 5.89. The maximum absolute atomic E-state index is 12.3. The van der Waals surface area contributed by atoms with Crippen LogP contribution in [-0.4, -0.2) is 20.9 Å². The number of benzene rings is 1. The number of hydrogen-bond acceptors (Lipinski definition) is 3. The van der Waals surface area contributed by atoms with Crippen LogP contribution in [0.3, 0.4) is 0 Å². The molecular formula is C12H12ClF2N3O2. The lowest BCUT2D eigenvalue weighted by molar-refractivity contribution is 0.0568. The van der Waals surface area contributed by atoms with E-state index in [0.717, 1.165) is 6.20 Å². The minimum Gasteiger partial charge on any atom is -0.478 e. The number of alkyl halides is 2. The molecule has 2 aromatic rings. The molecule has 0 unspecified atom stereocenters. The van der Waals surface area contributed by atoms with Crippen molar-refractivity contribution in [1.82, 2.24) is 9.78 Å². The van der Waals surface area contributed by atoms with Gasteiger partial charge in [0.2, 0.25) is 0 Å². The van der Waals surface area contributed by atoms with Crippen LogP contribution in [0, 0.1) is 0 Å². The van der Waals surface area contributed by atoms with Crippen LogP contribution in [0.15, 0.2) is 36.5 Å². The van der Waals surface area contributed by atoms with Crippen molar-refractivity contribution in [2.24, 2.45) is 0 Å². The van der Waals surface area contributed by atoms with Gasteiger partial charge in [-0.2, -0.15) is 13.9 Å². The number of halogens is 3. The molecule has 0 fully saturated rings. The summed E-state index contributed by atoms with van der Waals surface area (Å²) in [5, 5.41) is 15.4. The zero-order valence-corrected chi connectivity index (χ0v) is 11.0. The fourth-order valence-corrected chi connectivity index (χ4v) is 1.61. The van der Waals surface area contributed by atoms with Crippen LogP contribution in [0.2, 0.25) is 0 Å². The first kappa shape index (κ1) is 15.9. The number of aromatic nitrogens is 2. The Bertz CT molecular complexity index is 590. The molecule has 0 radical (unpaired) electrons. The average molecular weight is 304 g/mol. The van der Waals surface area contributed by atoms with Gasteiger partial charge in [0, 0.05) is 18.8 Å². The summed E-state index contributed by atoms with van der Waals surface area (Å²) < 4.78 is 25.1. The first-order chi connectivity index (χ1) is 9.08. The van der Waals surface area contributed by atoms with E-state index in [9.17, 15) is 13.6 Å². The molecule has 2 N–H and O–H groups in total. The van der Waals surface area contributed by atoms with Gasteiger partial charge in [-0.15, -0.1) is 12.4 Å². The average Bonchev–Trinajstić information content (AvgIpc) is 2.85. The molecule has 8 heteroatoms. The number of carboxylic acids is 1. The Labute approximate surface area is 119 Å². The largest absolute Gasteiger partial charge is 0.478 e. The molecule has 1 aromatic carbocycles. The van der Waals surface area contributed by atoms with E-state index < -0.39 is 12.5 Å². The van der Waals surface area contributed by atoms with Gasteiger partial charge in [-0.05, 0) is 11.6 Å². The van der Waals surface area contributed by atoms with Gasteiger partial charge < -0.3 is 10.4 Å². The highest BCUT2D eigenvalue weighted by Gasteiger charge is 2.10. The van der Waals surface area contributed by atoms with E-state index >= 15 is 0 Å². The first-order valence-electron chi connectivity index (χ1n) is 5.46. The molecule has 0 atom stereocenters. The predicted molar refractivity (Wildman–Crippen MR) is 71.5 cm³/mol. The van der Waals surface area contributed by atoms with Crippen molar-refractivity contribution in [3.8, 4) is 0 Å². The van der Waals surface area contributed by atoms with Gasteiger partial charge in [0.15, 0.2) is 0 Å². The van der Waals surface area contributed by atoms with E-state index in [1.54, 1.807) is 18.2 Å². The summed E-state index contributed by atoms with van der Waals surface area (Å²) in [6.45, 7) is -2.50. The van der Waals surface area contributed by atoms with E-state index in [-0.39, 0.29) is 30.3 Å². The lowest BCUT2D eigenvalue weighted by atomic mass is 10.1. The van der Waals surface area contributed by atoms with Crippen LogP contribution in [0.25, 0.3) is 0 Å². The maximum Gasteiger partial charge on any atom is 0.336 e. The Balaban J connectivity index is 0.00000200. The van der Waals surface area contributed by atoms with E-state index in [1.807, 2.05) is 0 Å². The third-order valence-corrected chi connectivity index (χ3v) is 2.52. The molecule has 0 spiro atoms. The zero-order chi connectivity index (χ0) is 13.8. The van der Waals surface area contributed by atoms with Crippen molar-refractivity contribution in [2.75, 3.05) is 5.32 Å². The van der Waals surface area contributed by atoms with Gasteiger partial charge in [-0.3, -0.25) is 0 Å². The van der Waals surface area contributed by atoms with Crippen LogP contribution in [0.1, 0.15) is 22.5 Å². The summed E-state index contributed by atoms with van der Waals surface area (Å²) in [7, 11) is 0. The number of nitrogens with zero attached hydrogens (tertiary/aromatic N) is 2. The number of aromatic carboxylic acids is 1. The van der Waals surface area contributed by atoms with E-state index in [4.69, 9.17) is 5.11 Å². The lowest BCUT2D eigenvalue weighted by Gasteiger charge is -2.06. The number of carbonyl (C=O) groups is 1. The Hall–Kier alpha value is -2.15. The van der Waals surface area contributed by atoms with Crippen molar-refractivity contribution in [1.29, 1.82) is 0 Å². The van der Waals surface area contributed by atoms with Gasteiger partial charge in [-0.1, -0.05) is 18.2 Å². The Morgan fingerprint density at radius 1 is 1.35 bits per heavy atom. The summed E-state index contributed by atoms with van der Waals surface area (Å²) in [6, 6.07) is 7.87. The Morgan fingerprint density at radius 3 is 2.65 bits per heavy atom. The third-order valence-electron chi connectivity index (χ3n) is 2.52. The smallest absolute Gasteiger partial charge is 0.336 e. The summed E-state index contributed by atoms with van der Waals surface area (Å²) in [5.41, 5.74) is 0.727. The van der Waals surface area contributed by atoms with Gasteiger partial charge in [0.1, 0.15) is 5.82 Å². The molecule has 20 heavy (non-hydrogen) atoms. The molecule has 0 aliphatic heterocycles. The number of anilines is 1. The molecule has 0 amide bonds. The normalized spacial score (nSPS) is 10.2. The van der Waals surface area contributed by atoms with Gasteiger partial charge in [0.25, 0.3) is 0 Å². The molecule has 0 bridgehead atoms. The Morgan fingerprint density at radius 2 is 2.05 bits per heavy atom. The van der Waals surface area contributed by atoms with Crippen molar-refractivity contribution in [2.45, 2.75) is 13.1 Å². The van der Waals surface area contributed by atoms with Gasteiger partial charge in [0.05, 0.1) is 5.56 Å². The first-order valence-corrected chi connectivity index (χ1v) is 5.46. The van der Waals surface area contributed by atoms with E-state index in [0.29, 0.717) is 10.2 Å². The second kappa shape index (κ2) is 6.85. The number of rotatable bonds is 5. The minimum atomic E-state index is -2.69. The standard InChI is InChI=1S/C12H11F2N3O2.ClH/c13-12(14)17-6-5-10(16-17)15-7-8-3-1-2-4-9(8)11(18)19;/h1-6,12H,7H2,(H,15,16)(H,18,19);1H. The fourth-order valence-electron chi connectivity index (χ4n) is 1.61. The molecule has 1 aromatic heterocycles. The van der Waals surface area contributed by atoms with Crippen LogP contribution in [-0.2, 0) is 6.54 Å². The molecule has 0 aliphatic rings. The summed E-state index contributed by atoms with van der Waals surface area (Å²) in [6.07, 6.45) is 1.15. The van der Waals surface area contributed by atoms with E-state index in [1.165, 1.54) is 12.1 Å². The maximum atomic E-state index is 12.3. The molecule has 108 valence electrons. The zero-order valence-electron chi connectivity index (χ0n) is 10.2. The number of nitrogens with one attached hydrogen (secondary N) is 1. The van der Waals surface area contributed by atoms with Gasteiger partial charge in [-0.25, -0.2) is 9.48 Å². The summed E-state index contributed by atoms with van der Waals surface area (Å²) >= 11 is 0. The molecule has 0 saturated heterocycles. The summed E-state index contributed by atoms with van der Waals surface area (Å²) in [4.78, 5) is 11.0. The summed E-state index contributed by atoms with van der Waals surface area (Å²) in [5.74, 6) is -0.768. The lowest BCUT2D eigenvalue weighted by Crippen LogP contribution is -2.08. The number of hydrogen-bond donors (Lipinski definition) is 2. The third kappa shape index (κ3) is 3.67. The van der Waals surface area contributed by atoms with Crippen LogP contribution in [0.5, 0.6) is 0 Å². The van der Waals surface area contributed by atoms with Crippen LogP contribution >= 0.6 is 12.4 Å². The molecule has 0 aliphatic carbocycles. The van der Waals surface area contributed by atoms with Gasteiger partial charge >= 0.3 is 12.5 Å². The second-order valence-corrected chi connectivity index (χ2v) is 3.77. The molecular weight excluding hydrogens is 292 g/mol. The van der Waals surface area contributed by atoms with Crippen molar-refractivity contribution in [3.05, 3.63) is 47.7 Å². The molecule has 1 heterocycles.